The molecule has 0 aromatic heterocycles. The highest BCUT2D eigenvalue weighted by Crippen LogP contribution is 2.03. The van der Waals surface area contributed by atoms with Crippen LogP contribution in [0.4, 0.5) is 0 Å². The molecule has 1 N–H and O–H groups in total. The highest BCUT2D eigenvalue weighted by atomic mass is 79.9. The average molecular weight is 208 g/mol. The monoisotopic (exact) mass is 207 g/mol. The Kier molecular flexibility index (Phi) is 3.36. The molecule has 0 fully saturated rings. The zero-order valence-corrected chi connectivity index (χ0v) is 8.45. The van der Waals surface area contributed by atoms with Gasteiger partial charge in [-0.2, -0.15) is 0 Å². The summed E-state index contributed by atoms with van der Waals surface area (Å²) in [6.07, 6.45) is 0. The molecule has 0 aromatic carbocycles. The Balaban J connectivity index is 3.81. The van der Waals surface area contributed by atoms with Gasteiger partial charge in [0.1, 0.15) is 0 Å². The van der Waals surface area contributed by atoms with Crippen molar-refractivity contribution in [2.45, 2.75) is 38.1 Å². The number of carbonyl (C=O) groups is 1. The van der Waals surface area contributed by atoms with Gasteiger partial charge in [-0.15, -0.1) is 0 Å². The molecule has 1 unspecified atom stereocenters. The lowest BCUT2D eigenvalue weighted by Crippen LogP contribution is -2.43. The van der Waals surface area contributed by atoms with Crippen LogP contribution in [0, 0.1) is 0 Å². The van der Waals surface area contributed by atoms with Gasteiger partial charge in [-0.25, -0.2) is 0 Å². The lowest BCUT2D eigenvalue weighted by Gasteiger charge is -2.21. The van der Waals surface area contributed by atoms with E-state index in [9.17, 15) is 4.79 Å². The second-order valence-corrected chi connectivity index (χ2v) is 4.73. The second kappa shape index (κ2) is 3.37. The topological polar surface area (TPSA) is 29.1 Å². The fraction of sp³-hybridized carbons (Fsp3) is 0.857. The van der Waals surface area contributed by atoms with Crippen LogP contribution in [0.25, 0.3) is 0 Å². The smallest absolute Gasteiger partial charge is 0.233 e. The van der Waals surface area contributed by atoms with Crippen molar-refractivity contribution in [2.75, 3.05) is 0 Å². The molecule has 0 heterocycles. The minimum atomic E-state index is -0.126. The van der Waals surface area contributed by atoms with Crippen molar-refractivity contribution >= 4 is 21.8 Å². The summed E-state index contributed by atoms with van der Waals surface area (Å²) in [6.45, 7) is 7.68. The summed E-state index contributed by atoms with van der Waals surface area (Å²) in [6, 6.07) is 0. The number of rotatable bonds is 1. The summed E-state index contributed by atoms with van der Waals surface area (Å²) < 4.78 is 0. The van der Waals surface area contributed by atoms with Crippen molar-refractivity contribution in [1.82, 2.24) is 5.32 Å². The summed E-state index contributed by atoms with van der Waals surface area (Å²) in [5.41, 5.74) is -0.126. The number of amides is 1. The summed E-state index contributed by atoms with van der Waals surface area (Å²) >= 11 is 3.18. The average Bonchev–Trinajstić information content (AvgIpc) is 1.60. The van der Waals surface area contributed by atoms with Gasteiger partial charge in [-0.1, -0.05) is 15.9 Å². The third-order valence-electron chi connectivity index (χ3n) is 0.859. The maximum absolute atomic E-state index is 11.0. The first-order valence-electron chi connectivity index (χ1n) is 3.29. The van der Waals surface area contributed by atoms with Gasteiger partial charge in [0.15, 0.2) is 0 Å². The molecule has 1 atom stereocenters. The Morgan fingerprint density at radius 3 is 2.00 bits per heavy atom. The third kappa shape index (κ3) is 4.79. The van der Waals surface area contributed by atoms with Crippen LogP contribution in [0.1, 0.15) is 27.7 Å². The third-order valence-corrected chi connectivity index (χ3v) is 1.28. The first-order valence-corrected chi connectivity index (χ1v) is 4.20. The van der Waals surface area contributed by atoms with Gasteiger partial charge in [0.25, 0.3) is 0 Å². The Morgan fingerprint density at radius 2 is 1.90 bits per heavy atom. The minimum absolute atomic E-state index is 0.0347. The zero-order chi connectivity index (χ0) is 8.36. The van der Waals surface area contributed by atoms with E-state index in [0.717, 1.165) is 0 Å². The number of nitrogens with one attached hydrogen (secondary N) is 1. The molecule has 60 valence electrons. The van der Waals surface area contributed by atoms with Crippen molar-refractivity contribution in [2.24, 2.45) is 0 Å². The molecule has 1 amide bonds. The molecule has 0 saturated carbocycles. The van der Waals surface area contributed by atoms with Crippen LogP contribution in [0.5, 0.6) is 0 Å². The molecule has 0 aromatic rings. The second-order valence-electron chi connectivity index (χ2n) is 3.36. The molecular formula is C7H14BrNO. The normalized spacial score (nSPS) is 14.5. The van der Waals surface area contributed by atoms with Crippen LogP contribution < -0.4 is 5.32 Å². The maximum atomic E-state index is 11.0. The molecular weight excluding hydrogens is 194 g/mol. The molecule has 0 saturated heterocycles. The van der Waals surface area contributed by atoms with Crippen molar-refractivity contribution in [3.8, 4) is 0 Å². The first-order chi connectivity index (χ1) is 4.33. The van der Waals surface area contributed by atoms with E-state index >= 15 is 0 Å². The lowest BCUT2D eigenvalue weighted by atomic mass is 10.1. The van der Waals surface area contributed by atoms with Crippen LogP contribution in [0.15, 0.2) is 0 Å². The van der Waals surface area contributed by atoms with Crippen LogP contribution in [-0.4, -0.2) is 16.3 Å². The van der Waals surface area contributed by atoms with Crippen molar-refractivity contribution < 1.29 is 4.79 Å². The van der Waals surface area contributed by atoms with Crippen molar-refractivity contribution in [3.05, 3.63) is 0 Å². The quantitative estimate of drug-likeness (QED) is 0.652. The standard InChI is InChI=1S/C7H14BrNO/c1-5(8)6(10)9-7(2,3)4/h5H,1-4H3,(H,9,10). The maximum Gasteiger partial charge on any atom is 0.233 e. The Morgan fingerprint density at radius 1 is 1.50 bits per heavy atom. The predicted octanol–water partition coefficient (Wildman–Crippen LogP) is 1.68. The number of hydrogen-bond donors (Lipinski definition) is 1. The predicted molar refractivity (Wildman–Crippen MR) is 46.3 cm³/mol. The van der Waals surface area contributed by atoms with Crippen LogP contribution in [0.3, 0.4) is 0 Å². The van der Waals surface area contributed by atoms with Gasteiger partial charge in [-0.05, 0) is 27.7 Å². The SMILES string of the molecule is CC(Br)C(=O)NC(C)(C)C. The summed E-state index contributed by atoms with van der Waals surface area (Å²) in [5, 5.41) is 2.83. The summed E-state index contributed by atoms with van der Waals surface area (Å²) in [4.78, 5) is 10.9. The molecule has 0 aliphatic rings. The van der Waals surface area contributed by atoms with Gasteiger partial charge >= 0.3 is 0 Å². The number of halogens is 1. The Labute approximate surface area is 70.5 Å². The van der Waals surface area contributed by atoms with E-state index in [0.29, 0.717) is 0 Å². The molecule has 0 bridgehead atoms. The summed E-state index contributed by atoms with van der Waals surface area (Å²) in [7, 11) is 0. The van der Waals surface area contributed by atoms with Crippen LogP contribution >= 0.6 is 15.9 Å². The number of carbonyl (C=O) groups excluding carboxylic acids is 1. The van der Waals surface area contributed by atoms with Gasteiger partial charge in [0, 0.05) is 5.54 Å². The molecule has 0 spiro atoms. The van der Waals surface area contributed by atoms with Gasteiger partial charge in [0.05, 0.1) is 4.83 Å². The Bertz CT molecular complexity index is 126. The summed E-state index contributed by atoms with van der Waals surface area (Å²) in [5.74, 6) is 0.0347. The molecule has 0 aliphatic carbocycles. The van der Waals surface area contributed by atoms with E-state index in [2.05, 4.69) is 21.2 Å². The fourth-order valence-corrected chi connectivity index (χ4v) is 0.584. The van der Waals surface area contributed by atoms with E-state index < -0.39 is 0 Å². The van der Waals surface area contributed by atoms with Crippen LogP contribution in [0.2, 0.25) is 0 Å². The van der Waals surface area contributed by atoms with E-state index in [1.807, 2.05) is 20.8 Å². The first kappa shape index (κ1) is 9.95. The molecule has 10 heavy (non-hydrogen) atoms. The fourth-order valence-electron chi connectivity index (χ4n) is 0.469. The Hall–Kier alpha value is -0.0500. The number of alkyl halides is 1. The molecule has 0 rings (SSSR count). The lowest BCUT2D eigenvalue weighted by molar-refractivity contribution is -0.121. The van der Waals surface area contributed by atoms with E-state index in [4.69, 9.17) is 0 Å². The minimum Gasteiger partial charge on any atom is -0.351 e. The van der Waals surface area contributed by atoms with E-state index in [-0.39, 0.29) is 16.3 Å². The van der Waals surface area contributed by atoms with Gasteiger partial charge in [0.2, 0.25) is 5.91 Å². The van der Waals surface area contributed by atoms with Crippen molar-refractivity contribution in [3.63, 3.8) is 0 Å². The number of hydrogen-bond acceptors (Lipinski definition) is 1. The van der Waals surface area contributed by atoms with E-state index in [1.165, 1.54) is 0 Å². The van der Waals surface area contributed by atoms with Crippen LogP contribution in [-0.2, 0) is 4.79 Å². The largest absolute Gasteiger partial charge is 0.351 e. The highest BCUT2D eigenvalue weighted by molar-refractivity contribution is 9.10. The highest BCUT2D eigenvalue weighted by Gasteiger charge is 2.16. The molecule has 0 aliphatic heterocycles. The molecule has 0 radical (unpaired) electrons. The van der Waals surface area contributed by atoms with Crippen molar-refractivity contribution in [1.29, 1.82) is 0 Å². The van der Waals surface area contributed by atoms with Gasteiger partial charge in [-0.3, -0.25) is 4.79 Å². The molecule has 3 heteroatoms. The van der Waals surface area contributed by atoms with Gasteiger partial charge < -0.3 is 5.32 Å². The van der Waals surface area contributed by atoms with E-state index in [1.54, 1.807) is 6.92 Å². The molecule has 2 nitrogen and oxygen atoms in total. The zero-order valence-electron chi connectivity index (χ0n) is 6.86.